The first-order valence-electron chi connectivity index (χ1n) is 5.05. The molecule has 0 aliphatic carbocycles. The maximum atomic E-state index is 7.12. The number of rotatable bonds is 6. The summed E-state index contributed by atoms with van der Waals surface area (Å²) in [5.74, 6) is 0. The van der Waals surface area contributed by atoms with Crippen molar-refractivity contribution in [3.05, 3.63) is 0 Å². The topological polar surface area (TPSA) is 40.5 Å². The van der Waals surface area contributed by atoms with Gasteiger partial charge in [0.25, 0.3) is 0 Å². The molecule has 0 spiro atoms. The molecule has 2 nitrogen and oxygen atoms in total. The largest absolute Gasteiger partial charge is 0.371 e. The molecule has 0 heterocycles. The van der Waals surface area contributed by atoms with Crippen LogP contribution in [0.3, 0.4) is 0 Å². The smallest absolute Gasteiger partial charge is 0.140 e. The number of unbranched alkanes of at least 4 members (excludes halogenated alkanes) is 6. The minimum absolute atomic E-state index is 0.750. The van der Waals surface area contributed by atoms with Crippen LogP contribution in [0.5, 0.6) is 0 Å². The second kappa shape index (κ2) is 17.1. The van der Waals surface area contributed by atoms with Crippen LogP contribution in [0.25, 0.3) is 0 Å². The van der Waals surface area contributed by atoms with E-state index in [1.807, 2.05) is 0 Å². The Morgan fingerprint density at radius 3 is 1.17 bits per heavy atom. The van der Waals surface area contributed by atoms with Crippen molar-refractivity contribution in [1.29, 1.82) is 0 Å². The zero-order chi connectivity index (χ0) is 9.66. The van der Waals surface area contributed by atoms with Gasteiger partial charge < -0.3 is 10.2 Å². The van der Waals surface area contributed by atoms with Gasteiger partial charge in [-0.3, -0.25) is 0 Å². The molecule has 0 aliphatic rings. The summed E-state index contributed by atoms with van der Waals surface area (Å²) in [7, 11) is 0. The van der Waals surface area contributed by atoms with E-state index in [1.54, 1.807) is 0 Å². The van der Waals surface area contributed by atoms with Gasteiger partial charge in [-0.15, -0.1) is 0 Å². The van der Waals surface area contributed by atoms with Crippen LogP contribution in [0.15, 0.2) is 0 Å². The van der Waals surface area contributed by atoms with E-state index in [0.29, 0.717) is 0 Å². The predicted octanol–water partition coefficient (Wildman–Crippen LogP) is 2.69. The summed E-state index contributed by atoms with van der Waals surface area (Å²) in [4.78, 5) is 0. The van der Waals surface area contributed by atoms with Crippen LogP contribution in [0, 0.1) is 0 Å². The van der Waals surface area contributed by atoms with Gasteiger partial charge >= 0.3 is 0 Å². The lowest BCUT2D eigenvalue weighted by Crippen LogP contribution is -1.76. The van der Waals surface area contributed by atoms with Crippen LogP contribution in [-0.4, -0.2) is 17.0 Å². The summed E-state index contributed by atoms with van der Waals surface area (Å²) >= 11 is 0. The van der Waals surface area contributed by atoms with Crippen LogP contribution < -0.4 is 0 Å². The van der Waals surface area contributed by atoms with E-state index in [2.05, 4.69) is 13.8 Å². The van der Waals surface area contributed by atoms with Gasteiger partial charge in [-0.05, 0) is 0 Å². The van der Waals surface area contributed by atoms with Gasteiger partial charge in [0.15, 0.2) is 0 Å². The lowest BCUT2D eigenvalue weighted by Gasteiger charge is -1.96. The third kappa shape index (κ3) is 22.5. The van der Waals surface area contributed by atoms with E-state index < -0.39 is 6.79 Å². The van der Waals surface area contributed by atoms with Gasteiger partial charge in [0.2, 0.25) is 0 Å². The molecule has 0 aliphatic heterocycles. The molecule has 0 saturated heterocycles. The molecule has 2 N–H and O–H groups in total. The number of hydrogen-bond acceptors (Lipinski definition) is 2. The Morgan fingerprint density at radius 1 is 0.667 bits per heavy atom. The number of hydrogen-bond donors (Lipinski definition) is 2. The molecular formula is C10H24O2. The van der Waals surface area contributed by atoms with Crippen molar-refractivity contribution in [2.24, 2.45) is 0 Å². The summed E-state index contributed by atoms with van der Waals surface area (Å²) in [5.41, 5.74) is 0. The maximum absolute atomic E-state index is 7.12. The highest BCUT2D eigenvalue weighted by atomic mass is 16.5. The Bertz CT molecular complexity index is 49.8. The Morgan fingerprint density at radius 2 is 0.917 bits per heavy atom. The molecule has 0 unspecified atom stereocenters. The quantitative estimate of drug-likeness (QED) is 0.482. The van der Waals surface area contributed by atoms with E-state index in [-0.39, 0.29) is 0 Å². The summed E-state index contributed by atoms with van der Waals surface area (Å²) in [6, 6.07) is 0. The van der Waals surface area contributed by atoms with Gasteiger partial charge in [0.1, 0.15) is 6.79 Å². The first-order valence-corrected chi connectivity index (χ1v) is 5.05. The number of aliphatic hydroxyl groups excluding tert-OH is 1. The lowest BCUT2D eigenvalue weighted by molar-refractivity contribution is 0.0773. The van der Waals surface area contributed by atoms with Crippen LogP contribution in [-0.2, 0) is 0 Å². The number of aliphatic hydroxyl groups is 2. The SMILES string of the molecule is CCCCCCCCC.OCO. The molecule has 0 fully saturated rings. The molecule has 0 aromatic heterocycles. The van der Waals surface area contributed by atoms with Crippen LogP contribution in [0.1, 0.15) is 58.8 Å². The third-order valence-electron chi connectivity index (χ3n) is 1.71. The second-order valence-corrected chi connectivity index (χ2v) is 2.91. The van der Waals surface area contributed by atoms with E-state index in [1.165, 1.54) is 44.9 Å². The molecule has 0 bridgehead atoms. The van der Waals surface area contributed by atoms with E-state index in [0.717, 1.165) is 0 Å². The molecule has 0 rings (SSSR count). The highest BCUT2D eigenvalue weighted by Gasteiger charge is 1.85. The molecule has 0 radical (unpaired) electrons. The average molecular weight is 176 g/mol. The average Bonchev–Trinajstić information content (AvgIpc) is 2.06. The summed E-state index contributed by atoms with van der Waals surface area (Å²) < 4.78 is 0. The molecule has 0 amide bonds. The first kappa shape index (κ1) is 14.4. The van der Waals surface area contributed by atoms with Crippen molar-refractivity contribution in [1.82, 2.24) is 0 Å². The van der Waals surface area contributed by atoms with E-state index >= 15 is 0 Å². The van der Waals surface area contributed by atoms with Crippen LogP contribution >= 0.6 is 0 Å². The molecular weight excluding hydrogens is 152 g/mol. The molecule has 2 heteroatoms. The predicted molar refractivity (Wildman–Crippen MR) is 53.0 cm³/mol. The van der Waals surface area contributed by atoms with Gasteiger partial charge in [-0.1, -0.05) is 58.8 Å². The Balaban J connectivity index is 0. The van der Waals surface area contributed by atoms with E-state index in [4.69, 9.17) is 10.2 Å². The minimum atomic E-state index is -0.750. The van der Waals surface area contributed by atoms with Gasteiger partial charge in [0, 0.05) is 0 Å². The zero-order valence-corrected chi connectivity index (χ0v) is 8.55. The van der Waals surface area contributed by atoms with Crippen molar-refractivity contribution in [2.45, 2.75) is 58.8 Å². The summed E-state index contributed by atoms with van der Waals surface area (Å²) in [5, 5.41) is 14.2. The highest BCUT2D eigenvalue weighted by molar-refractivity contribution is 4.41. The molecule has 0 atom stereocenters. The highest BCUT2D eigenvalue weighted by Crippen LogP contribution is 2.05. The molecule has 12 heavy (non-hydrogen) atoms. The second-order valence-electron chi connectivity index (χ2n) is 2.91. The Hall–Kier alpha value is -0.0800. The Kier molecular flexibility index (Phi) is 20.6. The summed E-state index contributed by atoms with van der Waals surface area (Å²) in [6.07, 6.45) is 9.97. The standard InChI is InChI=1S/C9H20.CH4O2/c1-3-5-7-9-8-6-4-2;2-1-3/h3-9H2,1-2H3;2-3H,1H2. The van der Waals surface area contributed by atoms with Crippen molar-refractivity contribution in [2.75, 3.05) is 6.79 Å². The van der Waals surface area contributed by atoms with Crippen LogP contribution in [0.2, 0.25) is 0 Å². The van der Waals surface area contributed by atoms with Gasteiger partial charge in [-0.2, -0.15) is 0 Å². The van der Waals surface area contributed by atoms with Crippen LogP contribution in [0.4, 0.5) is 0 Å². The van der Waals surface area contributed by atoms with Crippen molar-refractivity contribution < 1.29 is 10.2 Å². The van der Waals surface area contributed by atoms with Gasteiger partial charge in [-0.25, -0.2) is 0 Å². The molecule has 0 aromatic carbocycles. The van der Waals surface area contributed by atoms with Gasteiger partial charge in [0.05, 0.1) is 0 Å². The monoisotopic (exact) mass is 176 g/mol. The third-order valence-corrected chi connectivity index (χ3v) is 1.71. The van der Waals surface area contributed by atoms with Crippen molar-refractivity contribution in [3.63, 3.8) is 0 Å². The fourth-order valence-corrected chi connectivity index (χ4v) is 1.03. The Labute approximate surface area is 76.6 Å². The van der Waals surface area contributed by atoms with Crippen molar-refractivity contribution in [3.8, 4) is 0 Å². The molecule has 76 valence electrons. The van der Waals surface area contributed by atoms with Crippen molar-refractivity contribution >= 4 is 0 Å². The zero-order valence-electron chi connectivity index (χ0n) is 8.55. The lowest BCUT2D eigenvalue weighted by atomic mass is 10.1. The maximum Gasteiger partial charge on any atom is 0.140 e. The normalized spacial score (nSPS) is 9.00. The fraction of sp³-hybridized carbons (Fsp3) is 1.00. The molecule has 0 saturated carbocycles. The minimum Gasteiger partial charge on any atom is -0.371 e. The van der Waals surface area contributed by atoms with E-state index in [9.17, 15) is 0 Å². The first-order chi connectivity index (χ1) is 5.83. The fourth-order valence-electron chi connectivity index (χ4n) is 1.03. The molecule has 0 aromatic rings. The summed E-state index contributed by atoms with van der Waals surface area (Å²) in [6.45, 7) is 3.78.